The smallest absolute Gasteiger partial charge is 0.255 e. The molecule has 1 N–H and O–H groups in total. The molecule has 0 aliphatic heterocycles. The number of amides is 1. The maximum atomic E-state index is 12.3. The van der Waals surface area contributed by atoms with Crippen LogP contribution in [0.25, 0.3) is 5.65 Å². The molecular formula is C15H13ClN4O2. The number of nitrogens with one attached hydrogen (secondary N) is 1. The summed E-state index contributed by atoms with van der Waals surface area (Å²) in [4.78, 5) is 12.3. The Morgan fingerprint density at radius 1 is 1.41 bits per heavy atom. The molecule has 0 spiro atoms. The molecule has 0 radical (unpaired) electrons. The molecular weight excluding hydrogens is 304 g/mol. The minimum absolute atomic E-state index is 0.158. The topological polar surface area (TPSA) is 72.4 Å². The van der Waals surface area contributed by atoms with Crippen LogP contribution < -0.4 is 5.32 Å². The third-order valence-corrected chi connectivity index (χ3v) is 4.05. The molecule has 7 heteroatoms. The zero-order valence-corrected chi connectivity index (χ0v) is 12.4. The van der Waals surface area contributed by atoms with Gasteiger partial charge in [-0.15, -0.1) is 10.2 Å². The van der Waals surface area contributed by atoms with Crippen molar-refractivity contribution in [2.24, 2.45) is 0 Å². The van der Waals surface area contributed by atoms with E-state index in [1.807, 2.05) is 12.3 Å². The van der Waals surface area contributed by atoms with E-state index in [0.717, 1.165) is 18.6 Å². The van der Waals surface area contributed by atoms with Gasteiger partial charge in [0.05, 0.1) is 23.4 Å². The Hall–Kier alpha value is -2.34. The van der Waals surface area contributed by atoms with E-state index >= 15 is 0 Å². The zero-order valence-electron chi connectivity index (χ0n) is 11.6. The summed E-state index contributed by atoms with van der Waals surface area (Å²) in [5, 5.41) is 11.5. The van der Waals surface area contributed by atoms with Gasteiger partial charge in [-0.3, -0.25) is 9.20 Å². The van der Waals surface area contributed by atoms with E-state index in [9.17, 15) is 4.79 Å². The molecule has 1 amide bonds. The fourth-order valence-electron chi connectivity index (χ4n) is 2.48. The second-order valence-corrected chi connectivity index (χ2v) is 5.73. The Morgan fingerprint density at radius 3 is 3.09 bits per heavy atom. The van der Waals surface area contributed by atoms with Crippen molar-refractivity contribution in [2.75, 3.05) is 0 Å². The van der Waals surface area contributed by atoms with Gasteiger partial charge in [-0.2, -0.15) is 0 Å². The van der Waals surface area contributed by atoms with Gasteiger partial charge in [-0.1, -0.05) is 11.6 Å². The molecule has 22 heavy (non-hydrogen) atoms. The number of fused-ring (bicyclic) bond motifs is 1. The zero-order chi connectivity index (χ0) is 15.1. The number of pyridine rings is 1. The van der Waals surface area contributed by atoms with Gasteiger partial charge in [0.1, 0.15) is 5.76 Å². The largest absolute Gasteiger partial charge is 0.468 e. The Labute approximate surface area is 131 Å². The van der Waals surface area contributed by atoms with Crippen molar-refractivity contribution >= 4 is 23.2 Å². The average Bonchev–Trinajstić information content (AvgIpc) is 3.10. The Bertz CT molecular complexity index is 850. The van der Waals surface area contributed by atoms with Crippen LogP contribution in [0.4, 0.5) is 0 Å². The van der Waals surface area contributed by atoms with E-state index in [-0.39, 0.29) is 12.5 Å². The van der Waals surface area contributed by atoms with Crippen molar-refractivity contribution in [3.8, 4) is 0 Å². The van der Waals surface area contributed by atoms with E-state index in [1.165, 1.54) is 0 Å². The lowest BCUT2D eigenvalue weighted by molar-refractivity contribution is 0.0947. The average molecular weight is 317 g/mol. The van der Waals surface area contributed by atoms with Crippen LogP contribution >= 0.6 is 11.6 Å². The first kappa shape index (κ1) is 13.3. The SMILES string of the molecule is O=C(NCc1nnc2c(Cl)cccn12)c1ccoc1C1CC1. The quantitative estimate of drug-likeness (QED) is 0.803. The first-order valence-electron chi connectivity index (χ1n) is 7.08. The van der Waals surface area contributed by atoms with Crippen LogP contribution in [0.5, 0.6) is 0 Å². The number of halogens is 1. The molecule has 0 unspecified atom stereocenters. The van der Waals surface area contributed by atoms with Crippen LogP contribution in [-0.4, -0.2) is 20.5 Å². The summed E-state index contributed by atoms with van der Waals surface area (Å²) in [6, 6.07) is 5.27. The standard InChI is InChI=1S/C15H13ClN4O2/c16-11-2-1-6-20-12(18-19-14(11)20)8-17-15(21)10-5-7-22-13(10)9-3-4-9/h1-2,5-7,9H,3-4,8H2,(H,17,21). The van der Waals surface area contributed by atoms with Crippen molar-refractivity contribution < 1.29 is 9.21 Å². The second-order valence-electron chi connectivity index (χ2n) is 5.32. The third-order valence-electron chi connectivity index (χ3n) is 3.75. The fourth-order valence-corrected chi connectivity index (χ4v) is 2.68. The summed E-state index contributed by atoms with van der Waals surface area (Å²) in [5.74, 6) is 1.65. The summed E-state index contributed by atoms with van der Waals surface area (Å²) in [6.45, 7) is 0.273. The van der Waals surface area contributed by atoms with Crippen LogP contribution in [0.2, 0.25) is 5.02 Å². The van der Waals surface area contributed by atoms with Crippen LogP contribution in [-0.2, 0) is 6.54 Å². The first-order chi connectivity index (χ1) is 10.7. The molecule has 1 aliphatic carbocycles. The monoisotopic (exact) mass is 316 g/mol. The molecule has 3 aromatic heterocycles. The highest BCUT2D eigenvalue weighted by Gasteiger charge is 2.31. The second kappa shape index (κ2) is 5.14. The molecule has 4 rings (SSSR count). The molecule has 1 fully saturated rings. The Kier molecular flexibility index (Phi) is 3.11. The molecule has 3 aromatic rings. The van der Waals surface area contributed by atoms with Gasteiger partial charge in [-0.05, 0) is 31.0 Å². The van der Waals surface area contributed by atoms with Crippen molar-refractivity contribution in [1.82, 2.24) is 19.9 Å². The van der Waals surface area contributed by atoms with Crippen molar-refractivity contribution in [1.29, 1.82) is 0 Å². The minimum Gasteiger partial charge on any atom is -0.468 e. The molecule has 0 aromatic carbocycles. The number of hydrogen-bond donors (Lipinski definition) is 1. The highest BCUT2D eigenvalue weighted by molar-refractivity contribution is 6.33. The van der Waals surface area contributed by atoms with Crippen LogP contribution in [0.3, 0.4) is 0 Å². The number of carbonyl (C=O) groups excluding carboxylic acids is 1. The first-order valence-corrected chi connectivity index (χ1v) is 7.45. The van der Waals surface area contributed by atoms with Gasteiger partial charge in [0.15, 0.2) is 11.5 Å². The maximum Gasteiger partial charge on any atom is 0.255 e. The number of carbonyl (C=O) groups is 1. The highest BCUT2D eigenvalue weighted by atomic mass is 35.5. The van der Waals surface area contributed by atoms with Crippen LogP contribution in [0.1, 0.15) is 40.7 Å². The molecule has 0 bridgehead atoms. The molecule has 112 valence electrons. The van der Waals surface area contributed by atoms with Gasteiger partial charge in [0, 0.05) is 12.1 Å². The third kappa shape index (κ3) is 2.25. The number of furan rings is 1. The summed E-state index contributed by atoms with van der Waals surface area (Å²) < 4.78 is 7.18. The van der Waals surface area contributed by atoms with Gasteiger partial charge >= 0.3 is 0 Å². The minimum atomic E-state index is -0.158. The molecule has 1 aliphatic rings. The summed E-state index contributed by atoms with van der Waals surface area (Å²) >= 11 is 6.05. The molecule has 3 heterocycles. The van der Waals surface area contributed by atoms with E-state index in [2.05, 4.69) is 15.5 Å². The normalized spacial score (nSPS) is 14.4. The predicted octanol–water partition coefficient (Wildman–Crippen LogP) is 2.78. The summed E-state index contributed by atoms with van der Waals surface area (Å²) in [5.41, 5.74) is 1.18. The number of aromatic nitrogens is 3. The molecule has 0 atom stereocenters. The van der Waals surface area contributed by atoms with E-state index in [0.29, 0.717) is 28.0 Å². The van der Waals surface area contributed by atoms with Gasteiger partial charge in [0.2, 0.25) is 0 Å². The Morgan fingerprint density at radius 2 is 2.27 bits per heavy atom. The van der Waals surface area contributed by atoms with Gasteiger partial charge < -0.3 is 9.73 Å². The fraction of sp³-hybridized carbons (Fsp3) is 0.267. The summed E-state index contributed by atoms with van der Waals surface area (Å²) in [6.07, 6.45) is 5.55. The number of hydrogen-bond acceptors (Lipinski definition) is 4. The van der Waals surface area contributed by atoms with E-state index in [4.69, 9.17) is 16.0 Å². The lowest BCUT2D eigenvalue weighted by atomic mass is 10.2. The van der Waals surface area contributed by atoms with Gasteiger partial charge in [-0.25, -0.2) is 0 Å². The molecule has 6 nitrogen and oxygen atoms in total. The number of nitrogens with zero attached hydrogens (tertiary/aromatic N) is 3. The van der Waals surface area contributed by atoms with E-state index < -0.39 is 0 Å². The molecule has 1 saturated carbocycles. The molecule has 0 saturated heterocycles. The maximum absolute atomic E-state index is 12.3. The van der Waals surface area contributed by atoms with E-state index in [1.54, 1.807) is 22.8 Å². The summed E-state index contributed by atoms with van der Waals surface area (Å²) in [7, 11) is 0. The van der Waals surface area contributed by atoms with Crippen molar-refractivity contribution in [2.45, 2.75) is 25.3 Å². The van der Waals surface area contributed by atoms with Crippen molar-refractivity contribution in [3.63, 3.8) is 0 Å². The number of rotatable bonds is 4. The van der Waals surface area contributed by atoms with Crippen molar-refractivity contribution in [3.05, 3.63) is 52.8 Å². The van der Waals surface area contributed by atoms with Crippen LogP contribution in [0, 0.1) is 0 Å². The lowest BCUT2D eigenvalue weighted by Crippen LogP contribution is -2.24. The highest BCUT2D eigenvalue weighted by Crippen LogP contribution is 2.42. The predicted molar refractivity (Wildman–Crippen MR) is 79.9 cm³/mol. The van der Waals surface area contributed by atoms with Crippen LogP contribution in [0.15, 0.2) is 35.1 Å². The Balaban J connectivity index is 1.53. The van der Waals surface area contributed by atoms with Gasteiger partial charge in [0.25, 0.3) is 5.91 Å². The lowest BCUT2D eigenvalue weighted by Gasteiger charge is -2.04.